The van der Waals surface area contributed by atoms with Crippen molar-refractivity contribution in [3.05, 3.63) is 28.2 Å². The largest absolute Gasteiger partial charge is 0.328 e. The lowest BCUT2D eigenvalue weighted by Gasteiger charge is -2.31. The predicted octanol–water partition coefficient (Wildman–Crippen LogP) is 2.45. The van der Waals surface area contributed by atoms with E-state index in [4.69, 9.17) is 0 Å². The van der Waals surface area contributed by atoms with Gasteiger partial charge in [0.2, 0.25) is 5.91 Å². The molecule has 1 N–H and O–H groups in total. The topological polar surface area (TPSA) is 49.4 Å². The molecule has 1 atom stereocenters. The van der Waals surface area contributed by atoms with Gasteiger partial charge in [0.25, 0.3) is 0 Å². The standard InChI is InChI=1S/C12H13BrN2O2/c1-7-3-4-9(13)5-10(7)15-6-8(2)11(16)14-12(15)17/h3-5,8H,6H2,1-2H3,(H,14,16,17). The second kappa shape index (κ2) is 4.49. The summed E-state index contributed by atoms with van der Waals surface area (Å²) in [4.78, 5) is 24.8. The molecule has 1 unspecified atom stereocenters. The van der Waals surface area contributed by atoms with Crippen LogP contribution < -0.4 is 10.2 Å². The Bertz CT molecular complexity index is 487. The highest BCUT2D eigenvalue weighted by Gasteiger charge is 2.30. The molecule has 1 fully saturated rings. The number of urea groups is 1. The number of rotatable bonds is 1. The molecule has 0 bridgehead atoms. The van der Waals surface area contributed by atoms with Crippen LogP contribution in [0.2, 0.25) is 0 Å². The van der Waals surface area contributed by atoms with Crippen LogP contribution >= 0.6 is 15.9 Å². The van der Waals surface area contributed by atoms with Crippen molar-refractivity contribution >= 4 is 33.6 Å². The Balaban J connectivity index is 2.36. The zero-order valence-electron chi connectivity index (χ0n) is 9.66. The Hall–Kier alpha value is -1.36. The van der Waals surface area contributed by atoms with Crippen LogP contribution in [0.3, 0.4) is 0 Å². The highest BCUT2D eigenvalue weighted by molar-refractivity contribution is 9.10. The van der Waals surface area contributed by atoms with E-state index in [0.717, 1.165) is 15.7 Å². The maximum Gasteiger partial charge on any atom is 0.328 e. The van der Waals surface area contributed by atoms with Gasteiger partial charge < -0.3 is 0 Å². The van der Waals surface area contributed by atoms with Crippen LogP contribution in [0, 0.1) is 12.8 Å². The first-order chi connectivity index (χ1) is 7.99. The van der Waals surface area contributed by atoms with Crippen LogP contribution in [-0.4, -0.2) is 18.5 Å². The van der Waals surface area contributed by atoms with Gasteiger partial charge in [-0.2, -0.15) is 0 Å². The minimum Gasteiger partial charge on any atom is -0.293 e. The van der Waals surface area contributed by atoms with E-state index in [1.54, 1.807) is 4.90 Å². The van der Waals surface area contributed by atoms with Crippen LogP contribution in [-0.2, 0) is 4.79 Å². The summed E-state index contributed by atoms with van der Waals surface area (Å²) < 4.78 is 0.912. The highest BCUT2D eigenvalue weighted by atomic mass is 79.9. The van der Waals surface area contributed by atoms with Crippen molar-refractivity contribution in [1.29, 1.82) is 0 Å². The number of amides is 3. The molecule has 17 heavy (non-hydrogen) atoms. The van der Waals surface area contributed by atoms with E-state index in [1.807, 2.05) is 32.0 Å². The van der Waals surface area contributed by atoms with E-state index in [0.29, 0.717) is 6.54 Å². The lowest BCUT2D eigenvalue weighted by molar-refractivity contribution is -0.123. The number of nitrogens with one attached hydrogen (secondary N) is 1. The molecule has 1 aliphatic heterocycles. The number of aryl methyl sites for hydroxylation is 1. The minimum atomic E-state index is -0.352. The first-order valence-electron chi connectivity index (χ1n) is 5.37. The molecule has 0 aromatic heterocycles. The van der Waals surface area contributed by atoms with Gasteiger partial charge in [0, 0.05) is 16.7 Å². The zero-order chi connectivity index (χ0) is 12.6. The van der Waals surface area contributed by atoms with Crippen LogP contribution in [0.5, 0.6) is 0 Å². The van der Waals surface area contributed by atoms with Gasteiger partial charge in [-0.1, -0.05) is 28.9 Å². The van der Waals surface area contributed by atoms with E-state index in [2.05, 4.69) is 21.2 Å². The van der Waals surface area contributed by atoms with Gasteiger partial charge in [-0.15, -0.1) is 0 Å². The third-order valence-corrected chi connectivity index (χ3v) is 3.33. The Kier molecular flexibility index (Phi) is 3.19. The fraction of sp³-hybridized carbons (Fsp3) is 0.333. The molecule has 3 amide bonds. The maximum absolute atomic E-state index is 11.8. The molecule has 90 valence electrons. The van der Waals surface area contributed by atoms with Crippen molar-refractivity contribution in [1.82, 2.24) is 5.32 Å². The van der Waals surface area contributed by atoms with E-state index >= 15 is 0 Å². The van der Waals surface area contributed by atoms with Crippen molar-refractivity contribution in [3.63, 3.8) is 0 Å². The first-order valence-corrected chi connectivity index (χ1v) is 6.17. The van der Waals surface area contributed by atoms with Crippen LogP contribution in [0.25, 0.3) is 0 Å². The van der Waals surface area contributed by atoms with Crippen LogP contribution in [0.4, 0.5) is 10.5 Å². The first kappa shape index (κ1) is 12.1. The number of halogens is 1. The van der Waals surface area contributed by atoms with E-state index < -0.39 is 0 Å². The summed E-state index contributed by atoms with van der Waals surface area (Å²) in [7, 11) is 0. The Morgan fingerprint density at radius 1 is 1.41 bits per heavy atom. The molecule has 1 aromatic rings. The highest BCUT2D eigenvalue weighted by Crippen LogP contribution is 2.26. The molecule has 1 aromatic carbocycles. The molecule has 5 heteroatoms. The third-order valence-electron chi connectivity index (χ3n) is 2.84. The normalized spacial score (nSPS) is 20.4. The average Bonchev–Trinajstić information content (AvgIpc) is 2.27. The molecule has 4 nitrogen and oxygen atoms in total. The maximum atomic E-state index is 11.8. The summed E-state index contributed by atoms with van der Waals surface area (Å²) in [5, 5.41) is 2.36. The number of anilines is 1. The fourth-order valence-electron chi connectivity index (χ4n) is 1.82. The third kappa shape index (κ3) is 2.34. The quantitative estimate of drug-likeness (QED) is 0.865. The number of carbonyl (C=O) groups is 2. The van der Waals surface area contributed by atoms with Crippen molar-refractivity contribution in [2.75, 3.05) is 11.4 Å². The second-order valence-corrected chi connectivity index (χ2v) is 5.15. The van der Waals surface area contributed by atoms with Gasteiger partial charge in [-0.25, -0.2) is 4.79 Å². The molecule has 1 heterocycles. The molecular formula is C12H13BrN2O2. The second-order valence-electron chi connectivity index (χ2n) is 4.24. The predicted molar refractivity (Wildman–Crippen MR) is 68.9 cm³/mol. The van der Waals surface area contributed by atoms with Gasteiger partial charge in [-0.05, 0) is 24.6 Å². The van der Waals surface area contributed by atoms with Crippen LogP contribution in [0.1, 0.15) is 12.5 Å². The Labute approximate surface area is 108 Å². The number of benzene rings is 1. The van der Waals surface area contributed by atoms with Gasteiger partial charge in [0.1, 0.15) is 0 Å². The summed E-state index contributed by atoms with van der Waals surface area (Å²) in [6.07, 6.45) is 0. The minimum absolute atomic E-state index is 0.189. The SMILES string of the molecule is Cc1ccc(Br)cc1N1CC(C)C(=O)NC1=O. The smallest absolute Gasteiger partial charge is 0.293 e. The number of carbonyl (C=O) groups excluding carboxylic acids is 2. The van der Waals surface area contributed by atoms with Gasteiger partial charge in [-0.3, -0.25) is 15.0 Å². The summed E-state index contributed by atoms with van der Waals surface area (Å²) >= 11 is 3.38. The fourth-order valence-corrected chi connectivity index (χ4v) is 2.17. The molecule has 1 saturated heterocycles. The summed E-state index contributed by atoms with van der Waals surface area (Å²) in [6, 6.07) is 5.40. The Morgan fingerprint density at radius 2 is 2.12 bits per heavy atom. The molecule has 0 spiro atoms. The van der Waals surface area contributed by atoms with Gasteiger partial charge in [0.05, 0.1) is 5.92 Å². The Morgan fingerprint density at radius 3 is 2.82 bits per heavy atom. The molecule has 0 radical (unpaired) electrons. The monoisotopic (exact) mass is 296 g/mol. The number of hydrogen-bond acceptors (Lipinski definition) is 2. The van der Waals surface area contributed by atoms with Gasteiger partial charge in [0.15, 0.2) is 0 Å². The lowest BCUT2D eigenvalue weighted by atomic mass is 10.1. The summed E-state index contributed by atoms with van der Waals surface area (Å²) in [5.74, 6) is -0.398. The van der Waals surface area contributed by atoms with E-state index in [9.17, 15) is 9.59 Å². The molecule has 0 aliphatic carbocycles. The summed E-state index contributed by atoms with van der Waals surface area (Å²) in [6.45, 7) is 4.17. The van der Waals surface area contributed by atoms with Crippen molar-refractivity contribution in [3.8, 4) is 0 Å². The zero-order valence-corrected chi connectivity index (χ0v) is 11.2. The lowest BCUT2D eigenvalue weighted by Crippen LogP contribution is -2.54. The molecule has 2 rings (SSSR count). The number of nitrogens with zero attached hydrogens (tertiary/aromatic N) is 1. The number of hydrogen-bond donors (Lipinski definition) is 1. The van der Waals surface area contributed by atoms with E-state index in [1.165, 1.54) is 0 Å². The molecular weight excluding hydrogens is 284 g/mol. The van der Waals surface area contributed by atoms with Crippen molar-refractivity contribution in [2.24, 2.45) is 5.92 Å². The van der Waals surface area contributed by atoms with E-state index in [-0.39, 0.29) is 17.9 Å². The van der Waals surface area contributed by atoms with Crippen molar-refractivity contribution in [2.45, 2.75) is 13.8 Å². The average molecular weight is 297 g/mol. The summed E-state index contributed by atoms with van der Waals surface area (Å²) in [5.41, 5.74) is 1.83. The molecule has 0 saturated carbocycles. The molecule has 1 aliphatic rings. The van der Waals surface area contributed by atoms with Gasteiger partial charge >= 0.3 is 6.03 Å². The number of imide groups is 1. The van der Waals surface area contributed by atoms with Crippen LogP contribution in [0.15, 0.2) is 22.7 Å². The van der Waals surface area contributed by atoms with Crippen molar-refractivity contribution < 1.29 is 9.59 Å².